The lowest BCUT2D eigenvalue weighted by molar-refractivity contribution is -0.153. The van der Waals surface area contributed by atoms with Gasteiger partial charge in [0.1, 0.15) is 6.10 Å². The molecule has 0 unspecified atom stereocenters. The number of piperidine rings is 1. The van der Waals surface area contributed by atoms with Gasteiger partial charge < -0.3 is 14.8 Å². The van der Waals surface area contributed by atoms with Gasteiger partial charge in [-0.25, -0.2) is 0 Å². The molecular weight excluding hydrogens is 268 g/mol. The maximum atomic E-state index is 12.1. The molecule has 0 radical (unpaired) electrons. The van der Waals surface area contributed by atoms with Gasteiger partial charge in [-0.2, -0.15) is 0 Å². The van der Waals surface area contributed by atoms with Crippen LogP contribution in [0, 0.1) is 0 Å². The van der Waals surface area contributed by atoms with Crippen LogP contribution in [0.4, 0.5) is 0 Å². The molecule has 2 heterocycles. The molecule has 0 aliphatic carbocycles. The van der Waals surface area contributed by atoms with Gasteiger partial charge in [-0.3, -0.25) is 9.69 Å². The average molecular weight is 298 g/mol. The molecule has 0 spiro atoms. The number of ether oxygens (including phenoxy) is 2. The summed E-state index contributed by atoms with van der Waals surface area (Å²) in [5, 5.41) is 3.61. The van der Waals surface area contributed by atoms with Crippen molar-refractivity contribution in [2.75, 3.05) is 32.8 Å². The molecular formula is C16H30N2O3. The Labute approximate surface area is 128 Å². The van der Waals surface area contributed by atoms with Crippen LogP contribution in [-0.4, -0.2) is 60.9 Å². The Morgan fingerprint density at radius 1 is 1.19 bits per heavy atom. The second-order valence-electron chi connectivity index (χ2n) is 7.62. The van der Waals surface area contributed by atoms with Crippen LogP contribution in [0.15, 0.2) is 0 Å². The zero-order valence-electron chi connectivity index (χ0n) is 13.9. The van der Waals surface area contributed by atoms with Gasteiger partial charge in [0.15, 0.2) is 0 Å². The molecule has 0 amide bonds. The highest BCUT2D eigenvalue weighted by atomic mass is 16.5. The highest BCUT2D eigenvalue weighted by Gasteiger charge is 2.39. The molecule has 2 aliphatic heterocycles. The Morgan fingerprint density at radius 2 is 1.76 bits per heavy atom. The normalized spacial score (nSPS) is 26.5. The Hall–Kier alpha value is -0.650. The van der Waals surface area contributed by atoms with Gasteiger partial charge in [0.05, 0.1) is 19.6 Å². The molecule has 2 fully saturated rings. The molecule has 2 saturated heterocycles. The first-order valence-corrected chi connectivity index (χ1v) is 8.05. The van der Waals surface area contributed by atoms with E-state index < -0.39 is 0 Å². The van der Waals surface area contributed by atoms with E-state index in [0.717, 1.165) is 45.7 Å². The number of hydrogen-bond acceptors (Lipinski definition) is 5. The largest absolute Gasteiger partial charge is 0.462 e. The van der Waals surface area contributed by atoms with E-state index in [-0.39, 0.29) is 23.2 Å². The fraction of sp³-hybridized carbons (Fsp3) is 0.938. The lowest BCUT2D eigenvalue weighted by atomic mass is 9.81. The van der Waals surface area contributed by atoms with E-state index in [0.29, 0.717) is 6.42 Å². The molecule has 21 heavy (non-hydrogen) atoms. The lowest BCUT2D eigenvalue weighted by Gasteiger charge is -2.45. The molecule has 2 rings (SSSR count). The molecule has 0 atom stereocenters. The van der Waals surface area contributed by atoms with Crippen LogP contribution in [-0.2, 0) is 14.3 Å². The molecule has 0 aromatic carbocycles. The quantitative estimate of drug-likeness (QED) is 0.798. The third kappa shape index (κ3) is 5.57. The van der Waals surface area contributed by atoms with E-state index in [9.17, 15) is 4.79 Å². The van der Waals surface area contributed by atoms with Crippen molar-refractivity contribution in [3.05, 3.63) is 0 Å². The first-order chi connectivity index (χ1) is 9.76. The minimum atomic E-state index is -0.0695. The third-order valence-corrected chi connectivity index (χ3v) is 4.19. The second kappa shape index (κ2) is 6.63. The van der Waals surface area contributed by atoms with E-state index >= 15 is 0 Å². The van der Waals surface area contributed by atoms with Gasteiger partial charge in [-0.15, -0.1) is 0 Å². The molecule has 0 bridgehead atoms. The molecule has 1 N–H and O–H groups in total. The van der Waals surface area contributed by atoms with Crippen molar-refractivity contribution >= 4 is 5.97 Å². The van der Waals surface area contributed by atoms with Crippen molar-refractivity contribution in [2.45, 2.75) is 64.1 Å². The van der Waals surface area contributed by atoms with Crippen molar-refractivity contribution < 1.29 is 14.3 Å². The van der Waals surface area contributed by atoms with Gasteiger partial charge in [0, 0.05) is 43.6 Å². The van der Waals surface area contributed by atoms with Gasteiger partial charge in [0.25, 0.3) is 0 Å². The van der Waals surface area contributed by atoms with Crippen molar-refractivity contribution in [2.24, 2.45) is 0 Å². The highest BCUT2D eigenvalue weighted by molar-refractivity contribution is 5.69. The van der Waals surface area contributed by atoms with Gasteiger partial charge in [-0.1, -0.05) is 0 Å². The number of nitrogens with one attached hydrogen (secondary N) is 1. The zero-order valence-corrected chi connectivity index (χ0v) is 13.9. The minimum Gasteiger partial charge on any atom is -0.462 e. The second-order valence-corrected chi connectivity index (χ2v) is 7.62. The highest BCUT2D eigenvalue weighted by Crippen LogP contribution is 2.30. The summed E-state index contributed by atoms with van der Waals surface area (Å²) < 4.78 is 11.0. The summed E-state index contributed by atoms with van der Waals surface area (Å²) >= 11 is 0. The smallest absolute Gasteiger partial charge is 0.307 e. The van der Waals surface area contributed by atoms with Crippen LogP contribution in [0.1, 0.15) is 47.0 Å². The number of morpholine rings is 1. The fourth-order valence-corrected chi connectivity index (χ4v) is 3.63. The van der Waals surface area contributed by atoms with Crippen molar-refractivity contribution in [1.29, 1.82) is 0 Å². The third-order valence-electron chi connectivity index (χ3n) is 4.19. The summed E-state index contributed by atoms with van der Waals surface area (Å²) in [6.07, 6.45) is 2.25. The summed E-state index contributed by atoms with van der Waals surface area (Å²) in [5.74, 6) is -0.0695. The standard InChI is InChI=1S/C16H30N2O3/c1-15(2)11-13(12-16(3,4)17-15)21-14(19)5-6-18-7-9-20-10-8-18/h13,17H,5-12H2,1-4H3. The topological polar surface area (TPSA) is 50.8 Å². The number of esters is 1. The molecule has 0 aromatic rings. The van der Waals surface area contributed by atoms with Crippen LogP contribution >= 0.6 is 0 Å². The van der Waals surface area contributed by atoms with Crippen LogP contribution in [0.3, 0.4) is 0 Å². The Morgan fingerprint density at radius 3 is 2.33 bits per heavy atom. The zero-order chi connectivity index (χ0) is 15.5. The SMILES string of the molecule is CC1(C)CC(OC(=O)CCN2CCOCC2)CC(C)(C)N1. The Kier molecular flexibility index (Phi) is 5.28. The van der Waals surface area contributed by atoms with Gasteiger partial charge in [-0.05, 0) is 27.7 Å². The molecule has 2 aliphatic rings. The lowest BCUT2D eigenvalue weighted by Crippen LogP contribution is -2.59. The fourth-order valence-electron chi connectivity index (χ4n) is 3.63. The van der Waals surface area contributed by atoms with E-state index in [1.54, 1.807) is 0 Å². The van der Waals surface area contributed by atoms with E-state index in [1.165, 1.54) is 0 Å². The summed E-state index contributed by atoms with van der Waals surface area (Å²) in [4.78, 5) is 14.3. The Bertz CT molecular complexity index is 347. The van der Waals surface area contributed by atoms with Crippen molar-refractivity contribution in [3.8, 4) is 0 Å². The van der Waals surface area contributed by atoms with Crippen LogP contribution in [0.25, 0.3) is 0 Å². The van der Waals surface area contributed by atoms with Gasteiger partial charge >= 0.3 is 5.97 Å². The number of hydrogen-bond donors (Lipinski definition) is 1. The first-order valence-electron chi connectivity index (χ1n) is 8.05. The molecule has 122 valence electrons. The van der Waals surface area contributed by atoms with Crippen molar-refractivity contribution in [3.63, 3.8) is 0 Å². The summed E-state index contributed by atoms with van der Waals surface area (Å²) in [7, 11) is 0. The maximum absolute atomic E-state index is 12.1. The van der Waals surface area contributed by atoms with Gasteiger partial charge in [0.2, 0.25) is 0 Å². The number of nitrogens with zero attached hydrogens (tertiary/aromatic N) is 1. The summed E-state index contributed by atoms with van der Waals surface area (Å²) in [5.41, 5.74) is 0.0216. The monoisotopic (exact) mass is 298 g/mol. The number of carbonyl (C=O) groups excluding carboxylic acids is 1. The number of carbonyl (C=O) groups is 1. The molecule has 5 nitrogen and oxygen atoms in total. The van der Waals surface area contributed by atoms with E-state index in [1.807, 2.05) is 0 Å². The predicted molar refractivity (Wildman–Crippen MR) is 82.3 cm³/mol. The molecule has 0 saturated carbocycles. The first kappa shape index (κ1) is 16.7. The maximum Gasteiger partial charge on any atom is 0.307 e. The average Bonchev–Trinajstić information content (AvgIpc) is 2.33. The molecule has 5 heteroatoms. The Balaban J connectivity index is 1.76. The van der Waals surface area contributed by atoms with E-state index in [2.05, 4.69) is 37.9 Å². The predicted octanol–water partition coefficient (Wildman–Crippen LogP) is 1.56. The van der Waals surface area contributed by atoms with E-state index in [4.69, 9.17) is 9.47 Å². The summed E-state index contributed by atoms with van der Waals surface area (Å²) in [6, 6.07) is 0. The van der Waals surface area contributed by atoms with Crippen LogP contribution in [0.2, 0.25) is 0 Å². The minimum absolute atomic E-state index is 0.0108. The van der Waals surface area contributed by atoms with Crippen LogP contribution < -0.4 is 5.32 Å². The number of rotatable bonds is 4. The molecule has 0 aromatic heterocycles. The van der Waals surface area contributed by atoms with Crippen LogP contribution in [0.5, 0.6) is 0 Å². The van der Waals surface area contributed by atoms with Crippen molar-refractivity contribution in [1.82, 2.24) is 10.2 Å². The summed E-state index contributed by atoms with van der Waals surface area (Å²) in [6.45, 7) is 12.8.